The first-order valence-electron chi connectivity index (χ1n) is 8.42. The van der Waals surface area contributed by atoms with E-state index in [1.165, 1.54) is 24.9 Å². The number of hydrogen-bond acceptors (Lipinski definition) is 7. The molecule has 0 aliphatic carbocycles. The van der Waals surface area contributed by atoms with Gasteiger partial charge in [0.05, 0.1) is 24.5 Å². The number of thioether (sulfide) groups is 1. The lowest BCUT2D eigenvalue weighted by molar-refractivity contribution is -0.385. The molecular formula is C18H24N2O5S. The second kappa shape index (κ2) is 11.5. The summed E-state index contributed by atoms with van der Waals surface area (Å²) in [7, 11) is 1.22. The van der Waals surface area contributed by atoms with Gasteiger partial charge in [0.2, 0.25) is 0 Å². The minimum absolute atomic E-state index is 0.162. The molecule has 1 N–H and O–H groups in total. The molecular weight excluding hydrogens is 356 g/mol. The van der Waals surface area contributed by atoms with Crippen LogP contribution >= 0.6 is 11.8 Å². The molecule has 1 rings (SSSR count). The summed E-state index contributed by atoms with van der Waals surface area (Å²) in [5.41, 5.74) is -0.762. The minimum Gasteiger partial charge on any atom is -0.469 e. The van der Waals surface area contributed by atoms with Crippen LogP contribution in [0.1, 0.15) is 37.7 Å². The summed E-state index contributed by atoms with van der Waals surface area (Å²) >= 11 is 1.43. The van der Waals surface area contributed by atoms with E-state index in [1.807, 2.05) is 6.07 Å². The standard InChI is InChI=1S/C18H24N2O5S/c1-25-17(21)12-18(22,13-19)14-26-11-7-3-2-4-8-15-9-5-6-10-16(15)20(23)24/h5-6,9-10,22H,2-4,7-8,11-12,14H2,1H3. The SMILES string of the molecule is COC(=O)CC(O)(C#N)CSCCCCCCc1ccccc1[N+](=O)[O-]. The number of esters is 1. The molecule has 1 aromatic carbocycles. The van der Waals surface area contributed by atoms with Gasteiger partial charge in [-0.1, -0.05) is 31.0 Å². The van der Waals surface area contributed by atoms with Crippen molar-refractivity contribution in [2.45, 2.75) is 44.1 Å². The number of hydrogen-bond donors (Lipinski definition) is 1. The van der Waals surface area contributed by atoms with E-state index >= 15 is 0 Å². The van der Waals surface area contributed by atoms with Crippen molar-refractivity contribution >= 4 is 23.4 Å². The molecule has 0 aliphatic rings. The van der Waals surface area contributed by atoms with E-state index < -0.39 is 11.6 Å². The zero-order valence-corrected chi connectivity index (χ0v) is 15.7. The molecule has 0 spiro atoms. The van der Waals surface area contributed by atoms with Crippen molar-refractivity contribution in [1.82, 2.24) is 0 Å². The van der Waals surface area contributed by atoms with Gasteiger partial charge in [0.1, 0.15) is 0 Å². The molecule has 142 valence electrons. The highest BCUT2D eigenvalue weighted by molar-refractivity contribution is 7.99. The average molecular weight is 380 g/mol. The fourth-order valence-electron chi connectivity index (χ4n) is 2.45. The molecule has 0 saturated heterocycles. The Hall–Kier alpha value is -2.11. The lowest BCUT2D eigenvalue weighted by Gasteiger charge is -2.18. The summed E-state index contributed by atoms with van der Waals surface area (Å²) in [6, 6.07) is 8.56. The fraction of sp³-hybridized carbons (Fsp3) is 0.556. The number of ether oxygens (including phenoxy) is 1. The van der Waals surface area contributed by atoms with Crippen molar-refractivity contribution in [3.05, 3.63) is 39.9 Å². The van der Waals surface area contributed by atoms with Crippen LogP contribution in [0.5, 0.6) is 0 Å². The lowest BCUT2D eigenvalue weighted by Crippen LogP contribution is -2.33. The van der Waals surface area contributed by atoms with E-state index in [0.717, 1.165) is 37.0 Å². The number of benzene rings is 1. The van der Waals surface area contributed by atoms with E-state index in [4.69, 9.17) is 5.26 Å². The van der Waals surface area contributed by atoms with Crippen molar-refractivity contribution in [2.24, 2.45) is 0 Å². The smallest absolute Gasteiger partial charge is 0.309 e. The first-order chi connectivity index (χ1) is 12.4. The molecule has 1 atom stereocenters. The predicted molar refractivity (Wildman–Crippen MR) is 99.8 cm³/mol. The van der Waals surface area contributed by atoms with Crippen molar-refractivity contribution in [2.75, 3.05) is 18.6 Å². The second-order valence-electron chi connectivity index (χ2n) is 6.00. The molecule has 8 heteroatoms. The molecule has 0 heterocycles. The van der Waals surface area contributed by atoms with Crippen molar-refractivity contribution in [3.8, 4) is 6.07 Å². The number of carbonyl (C=O) groups is 1. The summed E-state index contributed by atoms with van der Waals surface area (Å²) < 4.78 is 4.48. The van der Waals surface area contributed by atoms with Gasteiger partial charge in [-0.2, -0.15) is 17.0 Å². The van der Waals surface area contributed by atoms with Crippen LogP contribution in [0, 0.1) is 21.4 Å². The van der Waals surface area contributed by atoms with Crippen molar-refractivity contribution < 1.29 is 19.6 Å². The number of nitriles is 1. The Balaban J connectivity index is 2.19. The van der Waals surface area contributed by atoms with Crippen LogP contribution in [-0.4, -0.2) is 40.2 Å². The van der Waals surface area contributed by atoms with Gasteiger partial charge >= 0.3 is 5.97 Å². The second-order valence-corrected chi connectivity index (χ2v) is 7.10. The van der Waals surface area contributed by atoms with Crippen LogP contribution in [0.3, 0.4) is 0 Å². The lowest BCUT2D eigenvalue weighted by atomic mass is 10.0. The highest BCUT2D eigenvalue weighted by Crippen LogP contribution is 2.21. The molecule has 1 aromatic rings. The number of aliphatic hydroxyl groups is 1. The van der Waals surface area contributed by atoms with E-state index in [9.17, 15) is 20.0 Å². The number of rotatable bonds is 12. The van der Waals surface area contributed by atoms with Gasteiger partial charge in [0.25, 0.3) is 5.69 Å². The number of aryl methyl sites for hydroxylation is 1. The Bertz CT molecular complexity index is 647. The first-order valence-corrected chi connectivity index (χ1v) is 9.58. The number of methoxy groups -OCH3 is 1. The quantitative estimate of drug-likeness (QED) is 0.195. The van der Waals surface area contributed by atoms with E-state index in [1.54, 1.807) is 18.2 Å². The van der Waals surface area contributed by atoms with Crippen LogP contribution in [-0.2, 0) is 16.0 Å². The molecule has 26 heavy (non-hydrogen) atoms. The van der Waals surface area contributed by atoms with Crippen LogP contribution in [0.4, 0.5) is 5.69 Å². The van der Waals surface area contributed by atoms with E-state index in [0.29, 0.717) is 6.42 Å². The number of nitro groups is 1. The summed E-state index contributed by atoms with van der Waals surface area (Å²) in [6.45, 7) is 0. The van der Waals surface area contributed by atoms with E-state index in [2.05, 4.69) is 4.74 Å². The van der Waals surface area contributed by atoms with Gasteiger partial charge in [-0.3, -0.25) is 14.9 Å². The number of carbonyl (C=O) groups excluding carboxylic acids is 1. The van der Waals surface area contributed by atoms with Crippen molar-refractivity contribution in [3.63, 3.8) is 0 Å². The maximum absolute atomic E-state index is 11.2. The van der Waals surface area contributed by atoms with Crippen LogP contribution < -0.4 is 0 Å². The monoisotopic (exact) mass is 380 g/mol. The predicted octanol–water partition coefficient (Wildman–Crippen LogP) is 3.25. The van der Waals surface area contributed by atoms with Gasteiger partial charge in [0, 0.05) is 17.4 Å². The fourth-order valence-corrected chi connectivity index (χ4v) is 3.51. The van der Waals surface area contributed by atoms with Gasteiger partial charge < -0.3 is 9.84 Å². The highest BCUT2D eigenvalue weighted by Gasteiger charge is 2.30. The third-order valence-corrected chi connectivity index (χ3v) is 5.15. The summed E-state index contributed by atoms with van der Waals surface area (Å²) in [5, 5.41) is 30.0. The first kappa shape index (κ1) is 21.9. The van der Waals surface area contributed by atoms with Crippen LogP contribution in [0.25, 0.3) is 0 Å². The molecule has 0 radical (unpaired) electrons. The highest BCUT2D eigenvalue weighted by atomic mass is 32.2. The number of unbranched alkanes of at least 4 members (excludes halogenated alkanes) is 3. The van der Waals surface area contributed by atoms with E-state index in [-0.39, 0.29) is 22.8 Å². The number of nitro benzene ring substituents is 1. The molecule has 0 amide bonds. The Morgan fingerprint density at radius 2 is 2.04 bits per heavy atom. The van der Waals surface area contributed by atoms with Crippen LogP contribution in [0.15, 0.2) is 24.3 Å². The molecule has 7 nitrogen and oxygen atoms in total. The van der Waals surface area contributed by atoms with Crippen LogP contribution in [0.2, 0.25) is 0 Å². The summed E-state index contributed by atoms with van der Waals surface area (Å²) in [5.74, 6) is 0.329. The third kappa shape index (κ3) is 7.85. The Labute approximate surface area is 157 Å². The number of nitrogens with zero attached hydrogens (tertiary/aromatic N) is 2. The Morgan fingerprint density at radius 1 is 1.35 bits per heavy atom. The summed E-state index contributed by atoms with van der Waals surface area (Å²) in [4.78, 5) is 21.8. The zero-order valence-electron chi connectivity index (χ0n) is 14.8. The molecule has 1 unspecified atom stereocenters. The van der Waals surface area contributed by atoms with Gasteiger partial charge in [-0.25, -0.2) is 0 Å². The van der Waals surface area contributed by atoms with Crippen molar-refractivity contribution in [1.29, 1.82) is 5.26 Å². The Morgan fingerprint density at radius 3 is 2.69 bits per heavy atom. The zero-order chi connectivity index (χ0) is 19.4. The summed E-state index contributed by atoms with van der Waals surface area (Å²) in [6.07, 6.45) is 4.06. The van der Waals surface area contributed by atoms with Gasteiger partial charge in [-0.05, 0) is 25.0 Å². The minimum atomic E-state index is -1.69. The molecule has 0 bridgehead atoms. The topological polar surface area (TPSA) is 113 Å². The average Bonchev–Trinajstić information content (AvgIpc) is 2.64. The normalized spacial score (nSPS) is 12.8. The molecule has 0 fully saturated rings. The number of para-hydroxylation sites is 1. The van der Waals surface area contributed by atoms with Gasteiger partial charge in [0.15, 0.2) is 5.60 Å². The largest absolute Gasteiger partial charge is 0.469 e. The molecule has 0 aromatic heterocycles. The molecule has 0 aliphatic heterocycles. The third-order valence-electron chi connectivity index (χ3n) is 3.89. The Kier molecular flexibility index (Phi) is 9.70. The molecule has 0 saturated carbocycles. The van der Waals surface area contributed by atoms with Gasteiger partial charge in [-0.15, -0.1) is 0 Å². The maximum atomic E-state index is 11.2. The maximum Gasteiger partial charge on any atom is 0.309 e.